The van der Waals surface area contributed by atoms with Crippen molar-refractivity contribution in [1.29, 1.82) is 0 Å². The summed E-state index contributed by atoms with van der Waals surface area (Å²) in [6.45, 7) is 3.15. The second-order valence-corrected chi connectivity index (χ2v) is 6.89. The van der Waals surface area contributed by atoms with Crippen LogP contribution >= 0.6 is 24.0 Å². The van der Waals surface area contributed by atoms with Crippen LogP contribution in [0.4, 0.5) is 4.39 Å². The number of aromatic nitrogens is 2. The number of benzene rings is 1. The normalized spacial score (nSPS) is 13.9. The van der Waals surface area contributed by atoms with E-state index in [0.717, 1.165) is 56.0 Å². The molecular formula is C20H29FIN5O. The Morgan fingerprint density at radius 2 is 2.07 bits per heavy atom. The van der Waals surface area contributed by atoms with E-state index in [2.05, 4.69) is 20.3 Å². The van der Waals surface area contributed by atoms with Gasteiger partial charge in [0.1, 0.15) is 5.82 Å². The van der Waals surface area contributed by atoms with Crippen molar-refractivity contribution < 1.29 is 9.13 Å². The average Bonchev–Trinajstić information content (AvgIpc) is 3.39. The van der Waals surface area contributed by atoms with Gasteiger partial charge in [-0.15, -0.1) is 24.0 Å². The van der Waals surface area contributed by atoms with Crippen LogP contribution < -0.4 is 5.32 Å². The summed E-state index contributed by atoms with van der Waals surface area (Å²) in [6.07, 6.45) is 5.30. The molecule has 0 radical (unpaired) electrons. The van der Waals surface area contributed by atoms with Crippen LogP contribution in [0.5, 0.6) is 0 Å². The van der Waals surface area contributed by atoms with Crippen LogP contribution in [0.25, 0.3) is 5.69 Å². The second kappa shape index (κ2) is 11.4. The van der Waals surface area contributed by atoms with E-state index in [1.54, 1.807) is 23.9 Å². The van der Waals surface area contributed by atoms with Gasteiger partial charge in [0, 0.05) is 46.4 Å². The van der Waals surface area contributed by atoms with Crippen molar-refractivity contribution in [2.45, 2.75) is 19.3 Å². The number of hydrogen-bond donors (Lipinski definition) is 1. The summed E-state index contributed by atoms with van der Waals surface area (Å²) < 4.78 is 20.5. The molecule has 1 aromatic heterocycles. The van der Waals surface area contributed by atoms with E-state index in [1.165, 1.54) is 25.0 Å². The zero-order chi connectivity index (χ0) is 19.1. The van der Waals surface area contributed by atoms with Crippen LogP contribution in [0.1, 0.15) is 18.5 Å². The molecule has 6 nitrogen and oxygen atoms in total. The van der Waals surface area contributed by atoms with Crippen molar-refractivity contribution in [3.05, 3.63) is 48.0 Å². The topological polar surface area (TPSA) is 54.7 Å². The standard InChI is InChI=1S/C20H28FN5O.HI/c1-22-20(25(2)13-14-27-15-16-3-4-16)23-11-9-18-10-12-26(24-18)19-7-5-17(21)6-8-19;/h5-8,10,12,16H,3-4,9,11,13-15H2,1-2H3,(H,22,23);1H. The molecular weight excluding hydrogens is 472 g/mol. The fourth-order valence-corrected chi connectivity index (χ4v) is 2.76. The third kappa shape index (κ3) is 7.05. The van der Waals surface area contributed by atoms with Gasteiger partial charge < -0.3 is 15.0 Å². The van der Waals surface area contributed by atoms with Crippen LogP contribution in [0, 0.1) is 11.7 Å². The molecule has 1 aliphatic rings. The highest BCUT2D eigenvalue weighted by Gasteiger charge is 2.21. The van der Waals surface area contributed by atoms with Crippen LogP contribution in [0.2, 0.25) is 0 Å². The molecule has 0 spiro atoms. The van der Waals surface area contributed by atoms with Gasteiger partial charge in [-0.25, -0.2) is 9.07 Å². The second-order valence-electron chi connectivity index (χ2n) is 6.89. The molecule has 1 aliphatic carbocycles. The Hall–Kier alpha value is -1.68. The average molecular weight is 501 g/mol. The number of rotatable bonds is 9. The van der Waals surface area contributed by atoms with Gasteiger partial charge in [0.25, 0.3) is 0 Å². The number of ether oxygens (including phenoxy) is 1. The number of nitrogens with one attached hydrogen (secondary N) is 1. The maximum Gasteiger partial charge on any atom is 0.193 e. The number of nitrogens with zero attached hydrogens (tertiary/aromatic N) is 4. The highest BCUT2D eigenvalue weighted by molar-refractivity contribution is 14.0. The first kappa shape index (κ1) is 22.6. The molecule has 0 bridgehead atoms. The Morgan fingerprint density at radius 1 is 1.32 bits per heavy atom. The summed E-state index contributed by atoms with van der Waals surface area (Å²) in [5, 5.41) is 7.90. The van der Waals surface area contributed by atoms with E-state index in [9.17, 15) is 4.39 Å². The number of hydrogen-bond acceptors (Lipinski definition) is 3. The molecule has 1 fully saturated rings. The first-order valence-corrected chi connectivity index (χ1v) is 9.45. The molecule has 0 saturated heterocycles. The molecule has 0 atom stereocenters. The summed E-state index contributed by atoms with van der Waals surface area (Å²) in [6, 6.07) is 8.28. The van der Waals surface area contributed by atoms with Crippen molar-refractivity contribution in [3.63, 3.8) is 0 Å². The van der Waals surface area contributed by atoms with Crippen molar-refractivity contribution in [3.8, 4) is 5.69 Å². The first-order chi connectivity index (χ1) is 13.2. The van der Waals surface area contributed by atoms with Gasteiger partial charge >= 0.3 is 0 Å². The van der Waals surface area contributed by atoms with E-state index in [4.69, 9.17) is 4.74 Å². The minimum Gasteiger partial charge on any atom is -0.379 e. The molecule has 28 heavy (non-hydrogen) atoms. The predicted octanol–water partition coefficient (Wildman–Crippen LogP) is 3.11. The third-order valence-electron chi connectivity index (χ3n) is 4.59. The summed E-state index contributed by atoms with van der Waals surface area (Å²) >= 11 is 0. The Labute approximate surface area is 183 Å². The molecule has 0 amide bonds. The molecule has 8 heteroatoms. The summed E-state index contributed by atoms with van der Waals surface area (Å²) in [5.74, 6) is 1.40. The number of guanidine groups is 1. The Bertz CT molecular complexity index is 745. The minimum atomic E-state index is -0.247. The maximum absolute atomic E-state index is 13.0. The van der Waals surface area contributed by atoms with Gasteiger partial charge in [0.15, 0.2) is 5.96 Å². The lowest BCUT2D eigenvalue weighted by atomic mass is 10.3. The highest BCUT2D eigenvalue weighted by Crippen LogP contribution is 2.28. The van der Waals surface area contributed by atoms with E-state index < -0.39 is 0 Å². The number of aliphatic imine (C=N–C) groups is 1. The molecule has 0 unspecified atom stereocenters. The molecule has 1 heterocycles. The van der Waals surface area contributed by atoms with E-state index >= 15 is 0 Å². The van der Waals surface area contributed by atoms with Crippen LogP contribution in [-0.4, -0.2) is 61.0 Å². The van der Waals surface area contributed by atoms with Crippen molar-refractivity contribution in [2.24, 2.45) is 10.9 Å². The van der Waals surface area contributed by atoms with E-state index in [0.29, 0.717) is 0 Å². The van der Waals surface area contributed by atoms with Crippen LogP contribution in [0.15, 0.2) is 41.5 Å². The molecule has 2 aromatic rings. The maximum atomic E-state index is 13.0. The van der Waals surface area contributed by atoms with Gasteiger partial charge in [0.05, 0.1) is 18.0 Å². The lowest BCUT2D eigenvalue weighted by Gasteiger charge is -2.21. The van der Waals surface area contributed by atoms with Crippen molar-refractivity contribution in [2.75, 3.05) is 40.4 Å². The predicted molar refractivity (Wildman–Crippen MR) is 120 cm³/mol. The molecule has 1 N–H and O–H groups in total. The minimum absolute atomic E-state index is 0. The van der Waals surface area contributed by atoms with Gasteiger partial charge in [-0.2, -0.15) is 5.10 Å². The van der Waals surface area contributed by atoms with Gasteiger partial charge in [-0.1, -0.05) is 0 Å². The SMILES string of the molecule is CN=C(NCCc1ccn(-c2ccc(F)cc2)n1)N(C)CCOCC1CC1.I. The van der Waals surface area contributed by atoms with E-state index in [1.807, 2.05) is 19.3 Å². The third-order valence-corrected chi connectivity index (χ3v) is 4.59. The highest BCUT2D eigenvalue weighted by atomic mass is 127. The first-order valence-electron chi connectivity index (χ1n) is 9.45. The number of likely N-dealkylation sites (N-methyl/N-ethyl adjacent to an activating group) is 1. The Morgan fingerprint density at radius 3 is 2.75 bits per heavy atom. The van der Waals surface area contributed by atoms with Gasteiger partial charge in [-0.05, 0) is 49.1 Å². The summed E-state index contributed by atoms with van der Waals surface area (Å²) in [7, 11) is 3.80. The summed E-state index contributed by atoms with van der Waals surface area (Å²) in [5.41, 5.74) is 1.81. The zero-order valence-corrected chi connectivity index (χ0v) is 18.8. The zero-order valence-electron chi connectivity index (χ0n) is 16.5. The fourth-order valence-electron chi connectivity index (χ4n) is 2.76. The molecule has 0 aliphatic heterocycles. The van der Waals surface area contributed by atoms with Gasteiger partial charge in [0.2, 0.25) is 0 Å². The smallest absolute Gasteiger partial charge is 0.193 e. The van der Waals surface area contributed by atoms with Crippen molar-refractivity contribution in [1.82, 2.24) is 20.0 Å². The molecule has 154 valence electrons. The Kier molecular flexibility index (Phi) is 9.17. The Balaban J connectivity index is 0.00000280. The summed E-state index contributed by atoms with van der Waals surface area (Å²) in [4.78, 5) is 6.39. The van der Waals surface area contributed by atoms with Crippen LogP contribution in [-0.2, 0) is 11.2 Å². The van der Waals surface area contributed by atoms with E-state index in [-0.39, 0.29) is 29.8 Å². The largest absolute Gasteiger partial charge is 0.379 e. The molecule has 3 rings (SSSR count). The molecule has 1 saturated carbocycles. The lowest BCUT2D eigenvalue weighted by molar-refractivity contribution is 0.115. The molecule has 1 aromatic carbocycles. The lowest BCUT2D eigenvalue weighted by Crippen LogP contribution is -2.41. The van der Waals surface area contributed by atoms with Crippen molar-refractivity contribution >= 4 is 29.9 Å². The number of halogens is 2. The van der Waals surface area contributed by atoms with Crippen LogP contribution in [0.3, 0.4) is 0 Å². The van der Waals surface area contributed by atoms with Gasteiger partial charge in [-0.3, -0.25) is 4.99 Å². The quantitative estimate of drug-likeness (QED) is 0.249. The monoisotopic (exact) mass is 501 g/mol. The fraction of sp³-hybridized carbons (Fsp3) is 0.500.